The van der Waals surface area contributed by atoms with Gasteiger partial charge in [0.25, 0.3) is 0 Å². The Morgan fingerprint density at radius 1 is 0.841 bits per heavy atom. The van der Waals surface area contributed by atoms with Crippen LogP contribution in [0.15, 0.2) is 109 Å². The molecule has 2 saturated heterocycles. The number of hydrogen-bond donors (Lipinski definition) is 3. The van der Waals surface area contributed by atoms with Crippen molar-refractivity contribution in [1.82, 2.24) is 0 Å². The molecule has 5 nitrogen and oxygen atoms in total. The average molecular weight is 602 g/mol. The monoisotopic (exact) mass is 601 g/mol. The highest BCUT2D eigenvalue weighted by atomic mass is 19.1. The highest BCUT2D eigenvalue weighted by molar-refractivity contribution is 5.51. The number of aliphatic hydroxyl groups excluding tert-OH is 3. The van der Waals surface area contributed by atoms with Crippen LogP contribution in [-0.4, -0.2) is 40.7 Å². The molecule has 6 rings (SSSR count). The third kappa shape index (κ3) is 10.00. The Labute approximate surface area is 262 Å². The average Bonchev–Trinajstić information content (AvgIpc) is 3.02. The van der Waals surface area contributed by atoms with Gasteiger partial charge in [-0.15, -0.1) is 0 Å². The highest BCUT2D eigenvalue weighted by Gasteiger charge is 2.29. The van der Waals surface area contributed by atoms with Crippen molar-refractivity contribution in [1.29, 1.82) is 0 Å². The van der Waals surface area contributed by atoms with Crippen LogP contribution in [0.25, 0.3) is 0 Å². The summed E-state index contributed by atoms with van der Waals surface area (Å²) in [5.74, 6) is -0.267. The maximum Gasteiger partial charge on any atom is 0.123 e. The SMILES string of the molecule is C.CCC(O)c1ccc(F)cc1.Cc1ccc(C2CC(O)CC(CO)O2)cc1.c1ccc(C2CCN2c2ccccc2)cc1. The molecule has 44 heavy (non-hydrogen) atoms. The maximum atomic E-state index is 12.4. The van der Waals surface area contributed by atoms with Crippen molar-refractivity contribution in [2.45, 2.75) is 77.4 Å². The molecule has 0 aromatic heterocycles. The number of rotatable bonds is 6. The summed E-state index contributed by atoms with van der Waals surface area (Å²) in [5, 5.41) is 28.1. The van der Waals surface area contributed by atoms with E-state index in [-0.39, 0.29) is 38.2 Å². The van der Waals surface area contributed by atoms with E-state index in [1.807, 2.05) is 38.1 Å². The quantitative estimate of drug-likeness (QED) is 0.208. The first-order chi connectivity index (χ1) is 20.9. The van der Waals surface area contributed by atoms with Gasteiger partial charge in [-0.25, -0.2) is 4.39 Å². The number of aliphatic hydroxyl groups is 3. The predicted octanol–water partition coefficient (Wildman–Crippen LogP) is 8.11. The molecule has 4 aromatic carbocycles. The van der Waals surface area contributed by atoms with Crippen molar-refractivity contribution in [3.05, 3.63) is 137 Å². The largest absolute Gasteiger partial charge is 0.394 e. The zero-order chi connectivity index (χ0) is 30.6. The summed E-state index contributed by atoms with van der Waals surface area (Å²) in [6.07, 6.45) is 1.88. The Hall–Kier alpha value is -3.55. The third-order valence-corrected chi connectivity index (χ3v) is 7.96. The summed E-state index contributed by atoms with van der Waals surface area (Å²) in [5.41, 5.74) is 5.82. The molecular formula is C38H48FNO4. The Morgan fingerprint density at radius 2 is 1.45 bits per heavy atom. The lowest BCUT2D eigenvalue weighted by molar-refractivity contribution is -0.113. The molecule has 6 heteroatoms. The van der Waals surface area contributed by atoms with Crippen LogP contribution in [0.4, 0.5) is 10.1 Å². The van der Waals surface area contributed by atoms with Crippen molar-refractivity contribution >= 4 is 5.69 Å². The second kappa shape index (κ2) is 17.7. The zero-order valence-corrected chi connectivity index (χ0v) is 25.1. The van der Waals surface area contributed by atoms with Crippen LogP contribution in [0.5, 0.6) is 0 Å². The molecule has 2 heterocycles. The van der Waals surface area contributed by atoms with Gasteiger partial charge in [0, 0.05) is 25.1 Å². The number of anilines is 1. The fourth-order valence-corrected chi connectivity index (χ4v) is 5.36. The van der Waals surface area contributed by atoms with Crippen molar-refractivity contribution < 1.29 is 24.4 Å². The molecule has 0 amide bonds. The summed E-state index contributed by atoms with van der Waals surface area (Å²) in [6.45, 7) is 5.06. The third-order valence-electron chi connectivity index (χ3n) is 7.96. The first-order valence-electron chi connectivity index (χ1n) is 15.2. The van der Waals surface area contributed by atoms with Gasteiger partial charge in [0.15, 0.2) is 0 Å². The minimum absolute atomic E-state index is 0. The van der Waals surface area contributed by atoms with E-state index in [2.05, 4.69) is 65.6 Å². The molecule has 5 atom stereocenters. The van der Waals surface area contributed by atoms with Crippen LogP contribution in [0, 0.1) is 12.7 Å². The number of halogens is 1. The minimum atomic E-state index is -0.462. The lowest BCUT2D eigenvalue weighted by Crippen LogP contribution is -2.40. The van der Waals surface area contributed by atoms with Gasteiger partial charge in [0.05, 0.1) is 37.1 Å². The van der Waals surface area contributed by atoms with Crippen molar-refractivity contribution in [3.63, 3.8) is 0 Å². The van der Waals surface area contributed by atoms with E-state index >= 15 is 0 Å². The van der Waals surface area contributed by atoms with Gasteiger partial charge in [-0.05, 0) is 60.7 Å². The topological polar surface area (TPSA) is 73.2 Å². The molecule has 2 aliphatic rings. The van der Waals surface area contributed by atoms with Crippen LogP contribution < -0.4 is 4.90 Å². The van der Waals surface area contributed by atoms with Gasteiger partial charge in [-0.1, -0.05) is 105 Å². The molecule has 3 N–H and O–H groups in total. The van der Waals surface area contributed by atoms with Crippen molar-refractivity contribution in [2.75, 3.05) is 18.1 Å². The second-order valence-electron chi connectivity index (χ2n) is 11.2. The maximum absolute atomic E-state index is 12.4. The van der Waals surface area contributed by atoms with Gasteiger partial charge in [0.1, 0.15) is 5.82 Å². The number of benzene rings is 4. The van der Waals surface area contributed by atoms with Gasteiger partial charge >= 0.3 is 0 Å². The summed E-state index contributed by atoms with van der Waals surface area (Å²) in [6, 6.07) is 36.0. The zero-order valence-electron chi connectivity index (χ0n) is 25.1. The van der Waals surface area contributed by atoms with Gasteiger partial charge in [0.2, 0.25) is 0 Å². The first kappa shape index (κ1) is 34.9. The van der Waals surface area contributed by atoms with Crippen LogP contribution in [0.3, 0.4) is 0 Å². The summed E-state index contributed by atoms with van der Waals surface area (Å²) >= 11 is 0. The van der Waals surface area contributed by atoms with Gasteiger partial charge < -0.3 is 25.0 Å². The second-order valence-corrected chi connectivity index (χ2v) is 11.2. The summed E-state index contributed by atoms with van der Waals surface area (Å²) in [4.78, 5) is 2.47. The van der Waals surface area contributed by atoms with Crippen LogP contribution in [0.2, 0.25) is 0 Å². The first-order valence-corrected chi connectivity index (χ1v) is 15.2. The lowest BCUT2D eigenvalue weighted by Gasteiger charge is -2.43. The molecule has 5 unspecified atom stereocenters. The number of aryl methyl sites for hydroxylation is 1. The fraction of sp³-hybridized carbons (Fsp3) is 0.368. The molecule has 0 aliphatic carbocycles. The molecule has 0 saturated carbocycles. The number of hydrogen-bond acceptors (Lipinski definition) is 5. The highest BCUT2D eigenvalue weighted by Crippen LogP contribution is 2.37. The van der Waals surface area contributed by atoms with E-state index in [0.29, 0.717) is 25.3 Å². The van der Waals surface area contributed by atoms with Gasteiger partial charge in [-0.3, -0.25) is 0 Å². The molecule has 2 fully saturated rings. The summed E-state index contributed by atoms with van der Waals surface area (Å²) in [7, 11) is 0. The lowest BCUT2D eigenvalue weighted by atomic mass is 9.94. The fourth-order valence-electron chi connectivity index (χ4n) is 5.36. The van der Waals surface area contributed by atoms with Crippen LogP contribution >= 0.6 is 0 Å². The Kier molecular flexibility index (Phi) is 14.0. The van der Waals surface area contributed by atoms with E-state index in [1.165, 1.54) is 41.9 Å². The molecular weight excluding hydrogens is 553 g/mol. The number of ether oxygens (including phenoxy) is 1. The van der Waals surface area contributed by atoms with E-state index in [1.54, 1.807) is 12.1 Å². The smallest absolute Gasteiger partial charge is 0.123 e. The van der Waals surface area contributed by atoms with Crippen molar-refractivity contribution in [3.8, 4) is 0 Å². The van der Waals surface area contributed by atoms with Crippen LogP contribution in [-0.2, 0) is 4.74 Å². The van der Waals surface area contributed by atoms with Crippen LogP contribution in [0.1, 0.15) is 80.5 Å². The van der Waals surface area contributed by atoms with Crippen molar-refractivity contribution in [2.24, 2.45) is 0 Å². The Bertz CT molecular complexity index is 1290. The molecule has 2 aliphatic heterocycles. The standard InChI is InChI=1S/C15H15N.C13H18O3.C9H11FO.CH4/c1-3-7-13(8-4-1)15-11-12-16(15)14-9-5-2-6-10-14;1-9-2-4-10(5-3-9)13-7-11(15)6-12(8-14)16-13;1-2-9(11)7-3-5-8(10)6-4-7;/h1-10,15H,11-12H2;2-5,11-15H,6-8H2,1H3;3-6,9,11H,2H2,1H3;1H4. The van der Waals surface area contributed by atoms with Gasteiger partial charge in [-0.2, -0.15) is 0 Å². The molecule has 0 spiro atoms. The van der Waals surface area contributed by atoms with E-state index in [0.717, 1.165) is 11.1 Å². The predicted molar refractivity (Wildman–Crippen MR) is 177 cm³/mol. The minimum Gasteiger partial charge on any atom is -0.394 e. The number of nitrogens with zero attached hydrogens (tertiary/aromatic N) is 1. The number of para-hydroxylation sites is 1. The molecule has 236 valence electrons. The van der Waals surface area contributed by atoms with E-state index < -0.39 is 6.10 Å². The Balaban J connectivity index is 0.000000182. The normalized spacial score (nSPS) is 21.3. The van der Waals surface area contributed by atoms with E-state index in [4.69, 9.17) is 9.84 Å². The molecule has 4 aromatic rings. The molecule has 0 radical (unpaired) electrons. The molecule has 0 bridgehead atoms. The summed E-state index contributed by atoms with van der Waals surface area (Å²) < 4.78 is 18.1. The van der Waals surface area contributed by atoms with E-state index in [9.17, 15) is 14.6 Å². The Morgan fingerprint density at radius 3 is 2.00 bits per heavy atom.